The summed E-state index contributed by atoms with van der Waals surface area (Å²) in [6.45, 7) is 1.95. The van der Waals surface area contributed by atoms with Crippen molar-refractivity contribution in [3.05, 3.63) is 64.7 Å². The Morgan fingerprint density at radius 2 is 1.78 bits per heavy atom. The number of ether oxygens (including phenoxy) is 1. The van der Waals surface area contributed by atoms with Crippen molar-refractivity contribution in [1.82, 2.24) is 4.90 Å². The molecular weight excluding hydrogens is 381 g/mol. The number of benzene rings is 2. The quantitative estimate of drug-likeness (QED) is 0.831. The first-order valence-electron chi connectivity index (χ1n) is 8.40. The van der Waals surface area contributed by atoms with E-state index in [1.54, 1.807) is 24.3 Å². The molecule has 8 heteroatoms. The summed E-state index contributed by atoms with van der Waals surface area (Å²) in [7, 11) is 0. The summed E-state index contributed by atoms with van der Waals surface area (Å²) in [4.78, 5) is 14.9. The van der Waals surface area contributed by atoms with Gasteiger partial charge in [-0.05, 0) is 23.8 Å². The first-order chi connectivity index (χ1) is 12.9. The largest absolute Gasteiger partial charge is 0.418 e. The van der Waals surface area contributed by atoms with Crippen LogP contribution in [-0.4, -0.2) is 37.1 Å². The van der Waals surface area contributed by atoms with E-state index in [-0.39, 0.29) is 10.7 Å². The minimum absolute atomic E-state index is 0.0480. The fourth-order valence-corrected chi connectivity index (χ4v) is 3.23. The molecule has 27 heavy (non-hydrogen) atoms. The highest BCUT2D eigenvalue weighted by atomic mass is 35.5. The van der Waals surface area contributed by atoms with Crippen molar-refractivity contribution in [3.8, 4) is 0 Å². The lowest BCUT2D eigenvalue weighted by atomic mass is 10.0. The normalized spacial score (nSPS) is 16.7. The predicted molar refractivity (Wildman–Crippen MR) is 96.7 cm³/mol. The number of nitrogens with zero attached hydrogens (tertiary/aromatic N) is 1. The number of rotatable bonds is 4. The second-order valence-electron chi connectivity index (χ2n) is 6.14. The molecule has 0 aliphatic carbocycles. The number of carbonyl (C=O) groups is 1. The number of nitrogens with one attached hydrogen (secondary N) is 1. The van der Waals surface area contributed by atoms with E-state index in [0.717, 1.165) is 6.07 Å². The van der Waals surface area contributed by atoms with Crippen LogP contribution in [-0.2, 0) is 15.7 Å². The maximum atomic E-state index is 13.3. The molecule has 0 radical (unpaired) electrons. The molecule has 1 atom stereocenters. The van der Waals surface area contributed by atoms with Crippen LogP contribution in [0.5, 0.6) is 0 Å². The average molecular weight is 399 g/mol. The summed E-state index contributed by atoms with van der Waals surface area (Å²) in [5.41, 5.74) is -0.581. The molecule has 3 rings (SSSR count). The van der Waals surface area contributed by atoms with Gasteiger partial charge < -0.3 is 10.1 Å². The zero-order valence-corrected chi connectivity index (χ0v) is 15.1. The Kier molecular flexibility index (Phi) is 6.04. The molecule has 0 aromatic heterocycles. The second kappa shape index (κ2) is 8.29. The van der Waals surface area contributed by atoms with Gasteiger partial charge in [0, 0.05) is 18.1 Å². The van der Waals surface area contributed by atoms with E-state index in [4.69, 9.17) is 16.3 Å². The van der Waals surface area contributed by atoms with Crippen LogP contribution in [0.25, 0.3) is 0 Å². The molecule has 1 saturated heterocycles. The van der Waals surface area contributed by atoms with E-state index in [1.165, 1.54) is 12.1 Å². The van der Waals surface area contributed by atoms with Crippen LogP contribution < -0.4 is 5.32 Å². The first kappa shape index (κ1) is 19.7. The number of alkyl halides is 3. The number of hydrogen-bond donors (Lipinski definition) is 1. The van der Waals surface area contributed by atoms with Gasteiger partial charge in [0.25, 0.3) is 0 Å². The van der Waals surface area contributed by atoms with E-state index in [2.05, 4.69) is 5.32 Å². The van der Waals surface area contributed by atoms with Crippen LogP contribution in [0.3, 0.4) is 0 Å². The van der Waals surface area contributed by atoms with Crippen molar-refractivity contribution in [2.24, 2.45) is 0 Å². The SMILES string of the molecule is O=C(Nc1ccc(Cl)cc1C(F)(F)F)[C@H](c1ccccc1)N1CCOCC1. The Balaban J connectivity index is 1.92. The van der Waals surface area contributed by atoms with Gasteiger partial charge in [0.15, 0.2) is 0 Å². The zero-order valence-electron chi connectivity index (χ0n) is 14.3. The standard InChI is InChI=1S/C19H18ClF3N2O2/c20-14-6-7-16(15(12-14)19(21,22)23)24-18(26)17(13-4-2-1-3-5-13)25-8-10-27-11-9-25/h1-7,12,17H,8-11H2,(H,24,26)/t17-/m0/s1. The minimum Gasteiger partial charge on any atom is -0.379 e. The van der Waals surface area contributed by atoms with Gasteiger partial charge in [0.05, 0.1) is 24.5 Å². The monoisotopic (exact) mass is 398 g/mol. The number of amides is 1. The Labute approximate surface area is 159 Å². The summed E-state index contributed by atoms with van der Waals surface area (Å²) >= 11 is 5.70. The summed E-state index contributed by atoms with van der Waals surface area (Å²) in [6.07, 6.45) is -4.63. The first-order valence-corrected chi connectivity index (χ1v) is 8.78. The van der Waals surface area contributed by atoms with Gasteiger partial charge >= 0.3 is 6.18 Å². The molecule has 1 heterocycles. The van der Waals surface area contributed by atoms with E-state index in [0.29, 0.717) is 31.9 Å². The number of hydrogen-bond acceptors (Lipinski definition) is 3. The number of morpholine rings is 1. The average Bonchev–Trinajstić information content (AvgIpc) is 2.64. The molecule has 0 unspecified atom stereocenters. The maximum absolute atomic E-state index is 13.3. The summed E-state index contributed by atoms with van der Waals surface area (Å²) < 4.78 is 45.3. The van der Waals surface area contributed by atoms with Crippen molar-refractivity contribution in [2.75, 3.05) is 31.6 Å². The van der Waals surface area contributed by atoms with Crippen LogP contribution in [0.1, 0.15) is 17.2 Å². The lowest BCUT2D eigenvalue weighted by molar-refractivity contribution is -0.137. The third-order valence-electron chi connectivity index (χ3n) is 4.32. The van der Waals surface area contributed by atoms with E-state index < -0.39 is 23.7 Å². The lowest BCUT2D eigenvalue weighted by Gasteiger charge is -2.34. The van der Waals surface area contributed by atoms with Gasteiger partial charge in [0.1, 0.15) is 6.04 Å². The summed E-state index contributed by atoms with van der Waals surface area (Å²) in [5, 5.41) is 2.39. The van der Waals surface area contributed by atoms with Crippen molar-refractivity contribution in [2.45, 2.75) is 12.2 Å². The number of halogens is 4. The molecular formula is C19H18ClF3N2O2. The van der Waals surface area contributed by atoms with Gasteiger partial charge in [-0.25, -0.2) is 0 Å². The van der Waals surface area contributed by atoms with Crippen molar-refractivity contribution in [3.63, 3.8) is 0 Å². The molecule has 144 valence electrons. The van der Waals surface area contributed by atoms with Crippen LogP contribution in [0.2, 0.25) is 5.02 Å². The minimum atomic E-state index is -4.63. The van der Waals surface area contributed by atoms with Crippen LogP contribution in [0.15, 0.2) is 48.5 Å². The number of anilines is 1. The molecule has 2 aromatic carbocycles. The fraction of sp³-hybridized carbons (Fsp3) is 0.316. The Morgan fingerprint density at radius 1 is 1.11 bits per heavy atom. The molecule has 1 amide bonds. The fourth-order valence-electron chi connectivity index (χ4n) is 3.06. The molecule has 4 nitrogen and oxygen atoms in total. The van der Waals surface area contributed by atoms with Crippen LogP contribution in [0.4, 0.5) is 18.9 Å². The zero-order chi connectivity index (χ0) is 19.4. The van der Waals surface area contributed by atoms with E-state index in [1.807, 2.05) is 11.0 Å². The Bertz CT molecular complexity index is 793. The molecule has 2 aromatic rings. The molecule has 1 aliphatic heterocycles. The highest BCUT2D eigenvalue weighted by Crippen LogP contribution is 2.37. The summed E-state index contributed by atoms with van der Waals surface area (Å²) in [6, 6.07) is 11.6. The molecule has 0 bridgehead atoms. The van der Waals surface area contributed by atoms with Gasteiger partial charge in [0.2, 0.25) is 5.91 Å². The predicted octanol–water partition coefficient (Wildman–Crippen LogP) is 4.37. The molecule has 1 aliphatic rings. The van der Waals surface area contributed by atoms with Crippen LogP contribution in [0, 0.1) is 0 Å². The third-order valence-corrected chi connectivity index (χ3v) is 4.55. The van der Waals surface area contributed by atoms with Gasteiger partial charge in [-0.2, -0.15) is 13.2 Å². The highest BCUT2D eigenvalue weighted by molar-refractivity contribution is 6.30. The van der Waals surface area contributed by atoms with E-state index in [9.17, 15) is 18.0 Å². The third kappa shape index (κ3) is 4.80. The van der Waals surface area contributed by atoms with Crippen LogP contribution >= 0.6 is 11.6 Å². The molecule has 1 N–H and O–H groups in total. The lowest BCUT2D eigenvalue weighted by Crippen LogP contribution is -2.44. The summed E-state index contributed by atoms with van der Waals surface area (Å²) in [5.74, 6) is -0.532. The molecule has 0 saturated carbocycles. The van der Waals surface area contributed by atoms with Crippen molar-refractivity contribution < 1.29 is 22.7 Å². The highest BCUT2D eigenvalue weighted by Gasteiger charge is 2.36. The molecule has 1 fully saturated rings. The van der Waals surface area contributed by atoms with E-state index >= 15 is 0 Å². The topological polar surface area (TPSA) is 41.6 Å². The Hall–Kier alpha value is -2.09. The number of carbonyl (C=O) groups excluding carboxylic acids is 1. The smallest absolute Gasteiger partial charge is 0.379 e. The van der Waals surface area contributed by atoms with Gasteiger partial charge in [-0.1, -0.05) is 41.9 Å². The second-order valence-corrected chi connectivity index (χ2v) is 6.57. The van der Waals surface area contributed by atoms with Crippen molar-refractivity contribution in [1.29, 1.82) is 0 Å². The van der Waals surface area contributed by atoms with Gasteiger partial charge in [-0.15, -0.1) is 0 Å². The molecule has 0 spiro atoms. The maximum Gasteiger partial charge on any atom is 0.418 e. The van der Waals surface area contributed by atoms with Crippen molar-refractivity contribution >= 4 is 23.2 Å². The Morgan fingerprint density at radius 3 is 2.41 bits per heavy atom. The van der Waals surface area contributed by atoms with Gasteiger partial charge in [-0.3, -0.25) is 9.69 Å².